The number of carbonyl (C=O) groups excluding carboxylic acids is 1. The first-order valence-corrected chi connectivity index (χ1v) is 14.5. The predicted octanol–water partition coefficient (Wildman–Crippen LogP) is 7.95. The van der Waals surface area contributed by atoms with Crippen LogP contribution in [0.1, 0.15) is 62.6 Å². The summed E-state index contributed by atoms with van der Waals surface area (Å²) >= 11 is 0. The molecule has 0 bridgehead atoms. The van der Waals surface area contributed by atoms with Crippen molar-refractivity contribution in [3.05, 3.63) is 101 Å². The van der Waals surface area contributed by atoms with Crippen LogP contribution in [0, 0.1) is 6.92 Å². The molecule has 0 radical (unpaired) electrons. The molecule has 0 aliphatic carbocycles. The number of benzene rings is 3. The molecular weight excluding hydrogens is 514 g/mol. The highest BCUT2D eigenvalue weighted by atomic mass is 16.6. The minimum atomic E-state index is -1.09. The highest BCUT2D eigenvalue weighted by Gasteiger charge is 2.31. The first-order chi connectivity index (χ1) is 19.9. The third kappa shape index (κ3) is 8.71. The monoisotopic (exact) mass is 555 g/mol. The topological polar surface area (TPSA) is 70.8 Å². The number of ether oxygens (including phenoxy) is 3. The fourth-order valence-electron chi connectivity index (χ4n) is 4.68. The second-order valence-corrected chi connectivity index (χ2v) is 10.6. The van der Waals surface area contributed by atoms with E-state index in [1.165, 1.54) is 5.56 Å². The van der Waals surface area contributed by atoms with Crippen molar-refractivity contribution in [3.63, 3.8) is 0 Å². The third-order valence-electron chi connectivity index (χ3n) is 6.94. The normalized spacial score (nSPS) is 11.3. The lowest BCUT2D eigenvalue weighted by molar-refractivity contribution is -0.158. The molecule has 0 spiro atoms. The Morgan fingerprint density at radius 2 is 1.59 bits per heavy atom. The van der Waals surface area contributed by atoms with Crippen LogP contribution in [0.15, 0.2) is 83.3 Å². The molecule has 0 amide bonds. The molecule has 4 aromatic rings. The van der Waals surface area contributed by atoms with E-state index in [1.54, 1.807) is 20.8 Å². The van der Waals surface area contributed by atoms with Gasteiger partial charge in [0.15, 0.2) is 5.60 Å². The quantitative estimate of drug-likeness (QED) is 0.110. The van der Waals surface area contributed by atoms with Crippen LogP contribution in [0.4, 0.5) is 0 Å². The van der Waals surface area contributed by atoms with Crippen LogP contribution in [0.25, 0.3) is 11.5 Å². The van der Waals surface area contributed by atoms with E-state index < -0.39 is 5.60 Å². The number of aryl methyl sites for hydroxylation is 3. The average Bonchev–Trinajstić information content (AvgIpc) is 3.35. The van der Waals surface area contributed by atoms with E-state index in [0.29, 0.717) is 31.3 Å². The van der Waals surface area contributed by atoms with Crippen LogP contribution >= 0.6 is 0 Å². The maximum Gasteiger partial charge on any atom is 0.349 e. The number of esters is 1. The molecule has 1 heterocycles. The molecule has 0 unspecified atom stereocenters. The van der Waals surface area contributed by atoms with Gasteiger partial charge in [0.1, 0.15) is 17.3 Å². The summed E-state index contributed by atoms with van der Waals surface area (Å²) in [5.41, 5.74) is 3.18. The third-order valence-corrected chi connectivity index (χ3v) is 6.94. The van der Waals surface area contributed by atoms with Gasteiger partial charge < -0.3 is 18.6 Å². The molecule has 0 saturated heterocycles. The molecule has 41 heavy (non-hydrogen) atoms. The number of aromatic nitrogens is 1. The molecule has 4 rings (SSSR count). The van der Waals surface area contributed by atoms with Gasteiger partial charge in [-0.05, 0) is 94.8 Å². The van der Waals surface area contributed by atoms with E-state index in [-0.39, 0.29) is 5.97 Å². The summed E-state index contributed by atoms with van der Waals surface area (Å²) in [6.07, 6.45) is 5.81. The second kappa shape index (κ2) is 14.5. The van der Waals surface area contributed by atoms with E-state index >= 15 is 0 Å². The fraction of sp³-hybridized carbons (Fsp3) is 0.371. The Morgan fingerprint density at radius 1 is 0.878 bits per heavy atom. The molecule has 3 aromatic carbocycles. The highest BCUT2D eigenvalue weighted by molar-refractivity contribution is 5.79. The van der Waals surface area contributed by atoms with E-state index in [0.717, 1.165) is 60.4 Å². The molecule has 0 N–H and O–H groups in total. The van der Waals surface area contributed by atoms with Gasteiger partial charge in [0.25, 0.3) is 0 Å². The zero-order valence-electron chi connectivity index (χ0n) is 24.7. The van der Waals surface area contributed by atoms with Crippen LogP contribution < -0.4 is 9.47 Å². The molecule has 0 aliphatic heterocycles. The number of nitrogens with zero attached hydrogens (tertiary/aromatic N) is 1. The first-order valence-electron chi connectivity index (χ1n) is 14.5. The molecule has 6 nitrogen and oxygen atoms in total. The Kier molecular flexibility index (Phi) is 10.6. The summed E-state index contributed by atoms with van der Waals surface area (Å²) in [6.45, 7) is 7.96. The summed E-state index contributed by atoms with van der Waals surface area (Å²) < 4.78 is 23.5. The summed E-state index contributed by atoms with van der Waals surface area (Å²) in [5.74, 6) is 2.48. The van der Waals surface area contributed by atoms with Gasteiger partial charge in [0.05, 0.1) is 18.9 Å². The lowest BCUT2D eigenvalue weighted by Gasteiger charge is -2.24. The van der Waals surface area contributed by atoms with Crippen molar-refractivity contribution in [2.24, 2.45) is 0 Å². The van der Waals surface area contributed by atoms with Crippen molar-refractivity contribution in [2.75, 3.05) is 13.2 Å². The van der Waals surface area contributed by atoms with Crippen LogP contribution in [0.5, 0.6) is 11.5 Å². The van der Waals surface area contributed by atoms with E-state index in [4.69, 9.17) is 23.6 Å². The Hall–Kier alpha value is -4.06. The van der Waals surface area contributed by atoms with Crippen LogP contribution in [-0.2, 0) is 28.8 Å². The standard InChI is InChI=1S/C35H41NO5/c1-5-38-34(37)35(3,4)41-30-21-22-32(29(25-30)20-14-7-11-17-27-15-9-6-10-16-27)39-24-23-31-26(2)40-33(36-31)28-18-12-8-13-19-28/h6,8-10,12-13,15-16,18-19,21-22,25H,5,7,11,14,17,20,23-24H2,1-4H3. The smallest absolute Gasteiger partial charge is 0.349 e. The summed E-state index contributed by atoms with van der Waals surface area (Å²) in [5, 5.41) is 0. The minimum Gasteiger partial charge on any atom is -0.493 e. The lowest BCUT2D eigenvalue weighted by atomic mass is 10.0. The van der Waals surface area contributed by atoms with Gasteiger partial charge in [-0.3, -0.25) is 0 Å². The van der Waals surface area contributed by atoms with Crippen molar-refractivity contribution >= 4 is 5.97 Å². The van der Waals surface area contributed by atoms with Crippen LogP contribution in [0.3, 0.4) is 0 Å². The zero-order chi connectivity index (χ0) is 29.1. The minimum absolute atomic E-state index is 0.310. The molecule has 6 heteroatoms. The Labute approximate surface area is 243 Å². The summed E-state index contributed by atoms with van der Waals surface area (Å²) in [6, 6.07) is 26.3. The fourth-order valence-corrected chi connectivity index (χ4v) is 4.68. The number of hydrogen-bond donors (Lipinski definition) is 0. The van der Waals surface area contributed by atoms with Crippen molar-refractivity contribution in [2.45, 2.75) is 71.8 Å². The van der Waals surface area contributed by atoms with Gasteiger partial charge in [-0.1, -0.05) is 55.0 Å². The maximum absolute atomic E-state index is 12.4. The van der Waals surface area contributed by atoms with Gasteiger partial charge in [0, 0.05) is 12.0 Å². The molecular formula is C35H41NO5. The predicted molar refractivity (Wildman–Crippen MR) is 161 cm³/mol. The van der Waals surface area contributed by atoms with E-state index in [2.05, 4.69) is 30.3 Å². The van der Waals surface area contributed by atoms with Gasteiger partial charge >= 0.3 is 5.97 Å². The van der Waals surface area contributed by atoms with Crippen molar-refractivity contribution in [3.8, 4) is 23.0 Å². The van der Waals surface area contributed by atoms with E-state index in [1.807, 2.05) is 55.5 Å². The molecule has 0 saturated carbocycles. The molecule has 0 fully saturated rings. The number of unbranched alkanes of at least 4 members (excludes halogenated alkanes) is 2. The Balaban J connectivity index is 1.40. The van der Waals surface area contributed by atoms with Crippen LogP contribution in [-0.4, -0.2) is 29.8 Å². The number of rotatable bonds is 15. The maximum atomic E-state index is 12.4. The van der Waals surface area contributed by atoms with Gasteiger partial charge in [-0.15, -0.1) is 0 Å². The lowest BCUT2D eigenvalue weighted by Crippen LogP contribution is -2.39. The van der Waals surface area contributed by atoms with E-state index in [9.17, 15) is 4.79 Å². The van der Waals surface area contributed by atoms with Crippen molar-refractivity contribution < 1.29 is 23.4 Å². The molecule has 0 aliphatic rings. The number of hydrogen-bond acceptors (Lipinski definition) is 6. The highest BCUT2D eigenvalue weighted by Crippen LogP contribution is 2.29. The first kappa shape index (κ1) is 29.9. The zero-order valence-corrected chi connectivity index (χ0v) is 24.7. The largest absolute Gasteiger partial charge is 0.493 e. The van der Waals surface area contributed by atoms with Crippen molar-refractivity contribution in [1.82, 2.24) is 4.98 Å². The number of oxazole rings is 1. The van der Waals surface area contributed by atoms with Crippen LogP contribution in [0.2, 0.25) is 0 Å². The molecule has 216 valence electrons. The van der Waals surface area contributed by atoms with Gasteiger partial charge in [-0.2, -0.15) is 0 Å². The second-order valence-electron chi connectivity index (χ2n) is 10.6. The average molecular weight is 556 g/mol. The molecule has 0 atom stereocenters. The summed E-state index contributed by atoms with van der Waals surface area (Å²) in [4.78, 5) is 17.1. The molecule has 1 aromatic heterocycles. The van der Waals surface area contributed by atoms with Gasteiger partial charge in [-0.25, -0.2) is 9.78 Å². The Morgan fingerprint density at radius 3 is 2.32 bits per heavy atom. The van der Waals surface area contributed by atoms with Crippen molar-refractivity contribution in [1.29, 1.82) is 0 Å². The summed E-state index contributed by atoms with van der Waals surface area (Å²) in [7, 11) is 0. The van der Waals surface area contributed by atoms with Gasteiger partial charge in [0.2, 0.25) is 5.89 Å². The number of carbonyl (C=O) groups is 1. The SMILES string of the molecule is CCOC(=O)C(C)(C)Oc1ccc(OCCc2nc(-c3ccccc3)oc2C)c(CCCCCc2ccccc2)c1. The Bertz CT molecular complexity index is 1380.